The van der Waals surface area contributed by atoms with Crippen molar-refractivity contribution in [2.45, 2.75) is 39.7 Å². The van der Waals surface area contributed by atoms with E-state index < -0.39 is 0 Å². The highest BCUT2D eigenvalue weighted by Crippen LogP contribution is 2.09. The van der Waals surface area contributed by atoms with Gasteiger partial charge in [-0.05, 0) is 30.0 Å². The molecule has 6 heteroatoms. The van der Waals surface area contributed by atoms with Crippen LogP contribution in [-0.4, -0.2) is 22.0 Å². The van der Waals surface area contributed by atoms with Crippen molar-refractivity contribution in [3.63, 3.8) is 0 Å². The van der Waals surface area contributed by atoms with Crippen LogP contribution in [0.15, 0.2) is 36.8 Å². The number of rotatable bonds is 9. The predicted molar refractivity (Wildman–Crippen MR) is 96.4 cm³/mol. The highest BCUT2D eigenvalue weighted by Gasteiger charge is 2.09. The van der Waals surface area contributed by atoms with Crippen LogP contribution in [-0.2, 0) is 17.8 Å². The maximum absolute atomic E-state index is 12.1. The Balaban J connectivity index is 1.84. The quantitative estimate of drug-likeness (QED) is 0.543. The summed E-state index contributed by atoms with van der Waals surface area (Å²) in [6.45, 7) is 5.75. The first-order chi connectivity index (χ1) is 12.1. The Hall–Kier alpha value is -2.65. The highest BCUT2D eigenvalue weighted by molar-refractivity contribution is 5.77. The molecule has 1 aromatic carbocycles. The molecule has 1 atom stereocenters. The van der Waals surface area contributed by atoms with Crippen LogP contribution in [0.4, 0.5) is 0 Å². The zero-order valence-corrected chi connectivity index (χ0v) is 14.8. The van der Waals surface area contributed by atoms with Gasteiger partial charge in [-0.2, -0.15) is 5.26 Å². The molecule has 1 amide bonds. The first-order valence-corrected chi connectivity index (χ1v) is 8.62. The molecule has 0 radical (unpaired) electrons. The van der Waals surface area contributed by atoms with E-state index in [0.29, 0.717) is 18.0 Å². The van der Waals surface area contributed by atoms with Crippen LogP contribution in [0.2, 0.25) is 0 Å². The maximum atomic E-state index is 12.1. The summed E-state index contributed by atoms with van der Waals surface area (Å²) in [6.07, 6.45) is 5.88. The Morgan fingerprint density at radius 3 is 2.80 bits per heavy atom. The second kappa shape index (κ2) is 9.60. The number of carbonyl (C=O) groups is 1. The Bertz CT molecular complexity index is 714. The number of aromatic nitrogens is 2. The SMILES string of the molecule is CC[C@H](C)CCNNC(=O)Cc1cncn1Cc1ccc(C#N)cc1. The molecule has 0 unspecified atom stereocenters. The van der Waals surface area contributed by atoms with E-state index >= 15 is 0 Å². The minimum atomic E-state index is -0.0780. The van der Waals surface area contributed by atoms with E-state index in [2.05, 4.69) is 35.8 Å². The van der Waals surface area contributed by atoms with Crippen molar-refractivity contribution in [3.8, 4) is 6.07 Å². The average molecular weight is 339 g/mol. The van der Waals surface area contributed by atoms with Crippen molar-refractivity contribution in [2.24, 2.45) is 5.92 Å². The number of benzene rings is 1. The Kier molecular flexibility index (Phi) is 7.17. The summed E-state index contributed by atoms with van der Waals surface area (Å²) in [7, 11) is 0. The number of carbonyl (C=O) groups excluding carboxylic acids is 1. The molecule has 0 saturated carbocycles. The molecular weight excluding hydrogens is 314 g/mol. The zero-order chi connectivity index (χ0) is 18.1. The third-order valence-electron chi connectivity index (χ3n) is 4.26. The van der Waals surface area contributed by atoms with Crippen LogP contribution in [0.5, 0.6) is 0 Å². The average Bonchev–Trinajstić information content (AvgIpc) is 3.05. The number of hydrogen-bond acceptors (Lipinski definition) is 4. The van der Waals surface area contributed by atoms with Crippen molar-refractivity contribution >= 4 is 5.91 Å². The fourth-order valence-electron chi connectivity index (χ4n) is 2.41. The third kappa shape index (κ3) is 6.05. The largest absolute Gasteiger partial charge is 0.330 e. The number of nitriles is 1. The second-order valence-electron chi connectivity index (χ2n) is 6.28. The summed E-state index contributed by atoms with van der Waals surface area (Å²) in [5, 5.41) is 8.85. The monoisotopic (exact) mass is 339 g/mol. The Labute approximate surface area is 148 Å². The molecule has 25 heavy (non-hydrogen) atoms. The first-order valence-electron chi connectivity index (χ1n) is 8.62. The lowest BCUT2D eigenvalue weighted by molar-refractivity contribution is -0.121. The van der Waals surface area contributed by atoms with Crippen LogP contribution < -0.4 is 10.9 Å². The number of nitrogens with zero attached hydrogens (tertiary/aromatic N) is 3. The maximum Gasteiger partial charge on any atom is 0.240 e. The van der Waals surface area contributed by atoms with E-state index in [1.807, 2.05) is 16.7 Å². The minimum Gasteiger partial charge on any atom is -0.330 e. The number of amides is 1. The van der Waals surface area contributed by atoms with Crippen molar-refractivity contribution < 1.29 is 4.79 Å². The van der Waals surface area contributed by atoms with Gasteiger partial charge in [-0.3, -0.25) is 10.2 Å². The van der Waals surface area contributed by atoms with E-state index in [-0.39, 0.29) is 12.3 Å². The van der Waals surface area contributed by atoms with Crippen LogP contribution in [0.25, 0.3) is 0 Å². The molecule has 6 nitrogen and oxygen atoms in total. The fourth-order valence-corrected chi connectivity index (χ4v) is 2.41. The molecule has 1 heterocycles. The van der Waals surface area contributed by atoms with E-state index in [0.717, 1.165) is 30.6 Å². The van der Waals surface area contributed by atoms with Crippen LogP contribution in [0.3, 0.4) is 0 Å². The van der Waals surface area contributed by atoms with Gasteiger partial charge in [0.1, 0.15) is 0 Å². The van der Waals surface area contributed by atoms with Crippen molar-refractivity contribution in [3.05, 3.63) is 53.6 Å². The van der Waals surface area contributed by atoms with Crippen LogP contribution >= 0.6 is 0 Å². The normalized spacial score (nSPS) is 11.7. The van der Waals surface area contributed by atoms with Gasteiger partial charge in [0.25, 0.3) is 0 Å². The van der Waals surface area contributed by atoms with E-state index in [1.165, 1.54) is 0 Å². The molecule has 0 spiro atoms. The number of imidazole rings is 1. The highest BCUT2D eigenvalue weighted by atomic mass is 16.2. The summed E-state index contributed by atoms with van der Waals surface area (Å²) in [5.41, 5.74) is 8.27. The van der Waals surface area contributed by atoms with E-state index in [9.17, 15) is 4.79 Å². The van der Waals surface area contributed by atoms with Gasteiger partial charge in [0, 0.05) is 25.0 Å². The van der Waals surface area contributed by atoms with Gasteiger partial charge in [0.05, 0.1) is 24.4 Å². The molecule has 0 fully saturated rings. The summed E-state index contributed by atoms with van der Waals surface area (Å²) >= 11 is 0. The van der Waals surface area contributed by atoms with Crippen molar-refractivity contribution in [1.29, 1.82) is 5.26 Å². The van der Waals surface area contributed by atoms with Gasteiger partial charge in [-0.25, -0.2) is 10.4 Å². The molecule has 2 N–H and O–H groups in total. The van der Waals surface area contributed by atoms with E-state index in [4.69, 9.17) is 5.26 Å². The van der Waals surface area contributed by atoms with Crippen molar-refractivity contribution in [2.75, 3.05) is 6.54 Å². The van der Waals surface area contributed by atoms with Gasteiger partial charge in [-0.15, -0.1) is 0 Å². The second-order valence-corrected chi connectivity index (χ2v) is 6.28. The molecule has 0 aliphatic rings. The molecule has 0 saturated heterocycles. The molecule has 2 aromatic rings. The molecule has 1 aromatic heterocycles. The first kappa shape index (κ1) is 18.7. The lowest BCUT2D eigenvalue weighted by Crippen LogP contribution is -2.39. The lowest BCUT2D eigenvalue weighted by Gasteiger charge is -2.11. The molecule has 132 valence electrons. The minimum absolute atomic E-state index is 0.0780. The van der Waals surface area contributed by atoms with Crippen LogP contribution in [0.1, 0.15) is 43.5 Å². The summed E-state index contributed by atoms with van der Waals surface area (Å²) in [4.78, 5) is 16.2. The predicted octanol–water partition coefficient (Wildman–Crippen LogP) is 2.40. The van der Waals surface area contributed by atoms with Crippen LogP contribution in [0, 0.1) is 17.2 Å². The van der Waals surface area contributed by atoms with Gasteiger partial charge in [-0.1, -0.05) is 32.4 Å². The molecule has 0 aliphatic heterocycles. The lowest BCUT2D eigenvalue weighted by atomic mass is 10.1. The molecule has 2 rings (SSSR count). The fraction of sp³-hybridized carbons (Fsp3) is 0.421. The smallest absolute Gasteiger partial charge is 0.240 e. The third-order valence-corrected chi connectivity index (χ3v) is 4.26. The standard InChI is InChI=1S/C19H25N5O/c1-3-15(2)8-9-22-23-19(25)10-18-12-21-14-24(18)13-17-6-4-16(11-20)5-7-17/h4-7,12,14-15,22H,3,8-10,13H2,1-2H3,(H,23,25)/t15-/m0/s1. The molecule has 0 aliphatic carbocycles. The van der Waals surface area contributed by atoms with Crippen molar-refractivity contribution in [1.82, 2.24) is 20.4 Å². The number of hydrogen-bond donors (Lipinski definition) is 2. The summed E-state index contributed by atoms with van der Waals surface area (Å²) in [6, 6.07) is 9.52. The zero-order valence-electron chi connectivity index (χ0n) is 14.8. The summed E-state index contributed by atoms with van der Waals surface area (Å²) in [5.74, 6) is 0.573. The Morgan fingerprint density at radius 2 is 2.12 bits per heavy atom. The van der Waals surface area contributed by atoms with E-state index in [1.54, 1.807) is 24.7 Å². The number of hydrazine groups is 1. The summed E-state index contributed by atoms with van der Waals surface area (Å²) < 4.78 is 1.94. The Morgan fingerprint density at radius 1 is 1.36 bits per heavy atom. The van der Waals surface area contributed by atoms with Gasteiger partial charge in [0.2, 0.25) is 5.91 Å². The van der Waals surface area contributed by atoms with Gasteiger partial charge in [0.15, 0.2) is 0 Å². The van der Waals surface area contributed by atoms with Gasteiger partial charge < -0.3 is 4.57 Å². The molecule has 0 bridgehead atoms. The topological polar surface area (TPSA) is 82.7 Å². The van der Waals surface area contributed by atoms with Gasteiger partial charge >= 0.3 is 0 Å². The number of nitrogens with one attached hydrogen (secondary N) is 2. The molecular formula is C19H25N5O.